The fourth-order valence-corrected chi connectivity index (χ4v) is 5.15. The fourth-order valence-electron chi connectivity index (χ4n) is 3.39. The van der Waals surface area contributed by atoms with Gasteiger partial charge in [-0.05, 0) is 41.0 Å². The highest BCUT2D eigenvalue weighted by Gasteiger charge is 2.32. The molecule has 142 valence electrons. The Balaban J connectivity index is 1.55. The maximum Gasteiger partial charge on any atom is 0.210 e. The summed E-state index contributed by atoms with van der Waals surface area (Å²) in [6, 6.07) is 20.5. The van der Waals surface area contributed by atoms with Crippen molar-refractivity contribution in [2.24, 2.45) is 0 Å². The smallest absolute Gasteiger partial charge is 0.210 e. The lowest BCUT2D eigenvalue weighted by atomic mass is 10.1. The van der Waals surface area contributed by atoms with Crippen LogP contribution < -0.4 is 4.90 Å². The van der Waals surface area contributed by atoms with Crippen molar-refractivity contribution in [3.8, 4) is 0 Å². The number of anilines is 2. The molecule has 4 rings (SSSR count). The van der Waals surface area contributed by atoms with Crippen LogP contribution in [0.3, 0.4) is 0 Å². The number of para-hydroxylation sites is 1. The average Bonchev–Trinajstić information content (AvgIpc) is 2.73. The highest BCUT2D eigenvalue weighted by Crippen LogP contribution is 2.43. The minimum atomic E-state index is -3.55. The summed E-state index contributed by atoms with van der Waals surface area (Å²) in [6.45, 7) is 4.55. The normalized spacial score (nSPS) is 14.2. The molecule has 0 aromatic heterocycles. The van der Waals surface area contributed by atoms with E-state index >= 15 is 0 Å². The van der Waals surface area contributed by atoms with Crippen LogP contribution in [0.2, 0.25) is 0 Å². The molecule has 1 heterocycles. The molecule has 0 fully saturated rings. The first-order chi connectivity index (χ1) is 13.5. The van der Waals surface area contributed by atoms with Crippen LogP contribution in [0.1, 0.15) is 16.7 Å². The predicted octanol–water partition coefficient (Wildman–Crippen LogP) is 4.96. The quantitative estimate of drug-likeness (QED) is 0.617. The Labute approximate surface area is 165 Å². The molecular weight excluding hydrogens is 370 g/mol. The molecular formula is C23H21NO3S. The second kappa shape index (κ2) is 7.26. The summed E-state index contributed by atoms with van der Waals surface area (Å²) in [5.74, 6) is 0. The highest BCUT2D eigenvalue weighted by atomic mass is 32.2. The standard InChI is InChI=1S/C23H21NO3S/c1-3-17-8-10-18(11-9-17)15-27-16-19-12-13-21-23(14-19)28(25,26)22-7-5-4-6-20(22)24(21)2/h3-14H,1,15-16H2,2H3. The van der Waals surface area contributed by atoms with Gasteiger partial charge in [-0.3, -0.25) is 0 Å². The number of sulfone groups is 1. The Hall–Kier alpha value is -2.89. The molecule has 1 aliphatic heterocycles. The molecule has 0 atom stereocenters. The van der Waals surface area contributed by atoms with Gasteiger partial charge in [0.1, 0.15) is 0 Å². The molecule has 4 nitrogen and oxygen atoms in total. The molecule has 3 aromatic carbocycles. The molecule has 0 aliphatic carbocycles. The van der Waals surface area contributed by atoms with Crippen LogP contribution in [0.5, 0.6) is 0 Å². The van der Waals surface area contributed by atoms with E-state index in [0.29, 0.717) is 34.4 Å². The van der Waals surface area contributed by atoms with Crippen molar-refractivity contribution >= 4 is 27.3 Å². The topological polar surface area (TPSA) is 46.6 Å². The number of fused-ring (bicyclic) bond motifs is 2. The zero-order valence-corrected chi connectivity index (χ0v) is 16.4. The monoisotopic (exact) mass is 391 g/mol. The van der Waals surface area contributed by atoms with Crippen molar-refractivity contribution in [1.82, 2.24) is 0 Å². The Kier molecular flexibility index (Phi) is 4.79. The van der Waals surface area contributed by atoms with E-state index in [4.69, 9.17) is 4.74 Å². The molecule has 0 amide bonds. The van der Waals surface area contributed by atoms with Gasteiger partial charge < -0.3 is 9.64 Å². The summed E-state index contributed by atoms with van der Waals surface area (Å²) >= 11 is 0. The van der Waals surface area contributed by atoms with E-state index in [2.05, 4.69) is 6.58 Å². The molecule has 0 spiro atoms. The van der Waals surface area contributed by atoms with Crippen molar-refractivity contribution in [1.29, 1.82) is 0 Å². The van der Waals surface area contributed by atoms with Crippen LogP contribution in [-0.4, -0.2) is 15.5 Å². The van der Waals surface area contributed by atoms with Crippen LogP contribution in [0.25, 0.3) is 6.08 Å². The number of ether oxygens (including phenoxy) is 1. The Morgan fingerprint density at radius 3 is 2.29 bits per heavy atom. The number of rotatable bonds is 5. The summed E-state index contributed by atoms with van der Waals surface area (Å²) in [5.41, 5.74) is 4.33. The molecule has 0 bridgehead atoms. The van der Waals surface area contributed by atoms with Gasteiger partial charge in [0.05, 0.1) is 34.4 Å². The van der Waals surface area contributed by atoms with Gasteiger partial charge in [0.2, 0.25) is 9.84 Å². The second-order valence-corrected chi connectivity index (χ2v) is 8.66. The molecule has 3 aromatic rings. The third kappa shape index (κ3) is 3.23. The molecule has 1 aliphatic rings. The van der Waals surface area contributed by atoms with Crippen molar-refractivity contribution in [3.05, 3.63) is 90.0 Å². The van der Waals surface area contributed by atoms with Gasteiger partial charge in [0, 0.05) is 7.05 Å². The molecule has 0 saturated carbocycles. The minimum absolute atomic E-state index is 0.324. The fraction of sp³-hybridized carbons (Fsp3) is 0.130. The highest BCUT2D eigenvalue weighted by molar-refractivity contribution is 7.92. The number of benzene rings is 3. The van der Waals surface area contributed by atoms with Gasteiger partial charge in [0.15, 0.2) is 0 Å². The zero-order chi connectivity index (χ0) is 19.7. The van der Waals surface area contributed by atoms with Crippen LogP contribution >= 0.6 is 0 Å². The zero-order valence-electron chi connectivity index (χ0n) is 15.6. The molecule has 28 heavy (non-hydrogen) atoms. The molecule has 5 heteroatoms. The van der Waals surface area contributed by atoms with E-state index in [0.717, 1.165) is 16.7 Å². The Morgan fingerprint density at radius 1 is 0.893 bits per heavy atom. The van der Waals surface area contributed by atoms with Crippen LogP contribution in [0.4, 0.5) is 11.4 Å². The third-order valence-electron chi connectivity index (χ3n) is 4.94. The van der Waals surface area contributed by atoms with E-state index in [-0.39, 0.29) is 0 Å². The Morgan fingerprint density at radius 2 is 1.54 bits per heavy atom. The van der Waals surface area contributed by atoms with Crippen molar-refractivity contribution < 1.29 is 13.2 Å². The first-order valence-corrected chi connectivity index (χ1v) is 10.5. The van der Waals surface area contributed by atoms with Gasteiger partial charge in [0.25, 0.3) is 0 Å². The maximum absolute atomic E-state index is 13.1. The summed E-state index contributed by atoms with van der Waals surface area (Å²) in [4.78, 5) is 2.58. The van der Waals surface area contributed by atoms with Crippen molar-refractivity contribution in [2.75, 3.05) is 11.9 Å². The Bertz CT molecular complexity index is 1130. The van der Waals surface area contributed by atoms with Crippen molar-refractivity contribution in [3.63, 3.8) is 0 Å². The number of nitrogens with zero attached hydrogens (tertiary/aromatic N) is 1. The van der Waals surface area contributed by atoms with E-state index in [1.807, 2.05) is 60.5 Å². The lowest BCUT2D eigenvalue weighted by Gasteiger charge is -2.29. The van der Waals surface area contributed by atoms with E-state index in [1.165, 1.54) is 0 Å². The van der Waals surface area contributed by atoms with Crippen LogP contribution in [0.15, 0.2) is 83.1 Å². The largest absolute Gasteiger partial charge is 0.372 e. The molecule has 0 unspecified atom stereocenters. The SMILES string of the molecule is C=Cc1ccc(COCc2ccc3c(c2)S(=O)(=O)c2ccccc2N3C)cc1. The molecule has 0 N–H and O–H groups in total. The predicted molar refractivity (Wildman–Crippen MR) is 111 cm³/mol. The lowest BCUT2D eigenvalue weighted by Crippen LogP contribution is -2.22. The van der Waals surface area contributed by atoms with Gasteiger partial charge in [-0.15, -0.1) is 0 Å². The summed E-state index contributed by atoms with van der Waals surface area (Å²) in [7, 11) is -1.66. The lowest BCUT2D eigenvalue weighted by molar-refractivity contribution is 0.107. The summed E-state index contributed by atoms with van der Waals surface area (Å²) in [5, 5.41) is 0. The molecule has 0 saturated heterocycles. The number of hydrogen-bond acceptors (Lipinski definition) is 4. The van der Waals surface area contributed by atoms with Gasteiger partial charge in [-0.1, -0.05) is 55.1 Å². The van der Waals surface area contributed by atoms with Gasteiger partial charge >= 0.3 is 0 Å². The van der Waals surface area contributed by atoms with Crippen LogP contribution in [0, 0.1) is 0 Å². The summed E-state index contributed by atoms with van der Waals surface area (Å²) in [6.07, 6.45) is 1.80. The minimum Gasteiger partial charge on any atom is -0.372 e. The second-order valence-electron chi connectivity index (χ2n) is 6.77. The molecule has 0 radical (unpaired) electrons. The average molecular weight is 391 g/mol. The maximum atomic E-state index is 13.1. The van der Waals surface area contributed by atoms with E-state index < -0.39 is 9.84 Å². The van der Waals surface area contributed by atoms with E-state index in [1.54, 1.807) is 24.3 Å². The summed E-state index contributed by atoms with van der Waals surface area (Å²) < 4.78 is 31.9. The number of hydrogen-bond donors (Lipinski definition) is 0. The first-order valence-electron chi connectivity index (χ1n) is 9.00. The van der Waals surface area contributed by atoms with Crippen LogP contribution in [-0.2, 0) is 27.8 Å². The third-order valence-corrected chi connectivity index (χ3v) is 6.77. The van der Waals surface area contributed by atoms with Gasteiger partial charge in [-0.25, -0.2) is 8.42 Å². The van der Waals surface area contributed by atoms with Gasteiger partial charge in [-0.2, -0.15) is 0 Å². The van der Waals surface area contributed by atoms with E-state index in [9.17, 15) is 8.42 Å². The first kappa shape index (κ1) is 18.5. The van der Waals surface area contributed by atoms with Crippen molar-refractivity contribution in [2.45, 2.75) is 23.0 Å².